The summed E-state index contributed by atoms with van der Waals surface area (Å²) in [5.74, 6) is 0.763. The third-order valence-corrected chi connectivity index (χ3v) is 5.46. The standard InChI is InChI=1S/C13H19NO2S3/c1-4-14(5-2)13(17)18-10-11-6-8-12(9-7-11)19(3,15)16/h6-9H,4-5,10H2,1-3H3. The van der Waals surface area contributed by atoms with Gasteiger partial charge in [-0.3, -0.25) is 0 Å². The lowest BCUT2D eigenvalue weighted by molar-refractivity contribution is 0.482. The van der Waals surface area contributed by atoms with E-state index in [2.05, 4.69) is 18.7 Å². The van der Waals surface area contributed by atoms with Crippen LogP contribution in [-0.4, -0.2) is 37.0 Å². The maximum atomic E-state index is 11.3. The molecule has 6 heteroatoms. The van der Waals surface area contributed by atoms with Gasteiger partial charge in [0, 0.05) is 25.1 Å². The summed E-state index contributed by atoms with van der Waals surface area (Å²) in [6, 6.07) is 6.97. The molecule has 0 spiro atoms. The van der Waals surface area contributed by atoms with E-state index in [1.54, 1.807) is 23.9 Å². The van der Waals surface area contributed by atoms with Gasteiger partial charge in [-0.25, -0.2) is 8.42 Å². The molecule has 0 unspecified atom stereocenters. The van der Waals surface area contributed by atoms with Crippen LogP contribution in [0.25, 0.3) is 0 Å². The zero-order valence-electron chi connectivity index (χ0n) is 11.4. The molecule has 0 bridgehead atoms. The predicted octanol–water partition coefficient (Wildman–Crippen LogP) is 2.95. The van der Waals surface area contributed by atoms with Crippen LogP contribution in [-0.2, 0) is 15.6 Å². The van der Waals surface area contributed by atoms with Gasteiger partial charge in [0.25, 0.3) is 0 Å². The normalized spacial score (nSPS) is 11.3. The number of benzene rings is 1. The van der Waals surface area contributed by atoms with Gasteiger partial charge in [0.2, 0.25) is 0 Å². The summed E-state index contributed by atoms with van der Waals surface area (Å²) in [6.45, 7) is 5.99. The molecule has 1 aromatic carbocycles. The molecular formula is C13H19NO2S3. The van der Waals surface area contributed by atoms with Crippen LogP contribution in [0.1, 0.15) is 19.4 Å². The molecule has 106 valence electrons. The summed E-state index contributed by atoms with van der Waals surface area (Å²) in [7, 11) is -3.11. The molecule has 0 atom stereocenters. The van der Waals surface area contributed by atoms with Gasteiger partial charge >= 0.3 is 0 Å². The quantitative estimate of drug-likeness (QED) is 0.781. The zero-order chi connectivity index (χ0) is 14.5. The molecule has 3 nitrogen and oxygen atoms in total. The highest BCUT2D eigenvalue weighted by Crippen LogP contribution is 2.18. The molecule has 0 saturated carbocycles. The second kappa shape index (κ2) is 7.26. The van der Waals surface area contributed by atoms with E-state index in [-0.39, 0.29) is 0 Å². The van der Waals surface area contributed by atoms with E-state index in [4.69, 9.17) is 12.2 Å². The first-order valence-electron chi connectivity index (χ1n) is 6.09. The Bertz CT molecular complexity index is 519. The number of nitrogens with zero attached hydrogens (tertiary/aromatic N) is 1. The van der Waals surface area contributed by atoms with E-state index in [1.807, 2.05) is 12.1 Å². The Balaban J connectivity index is 2.62. The van der Waals surface area contributed by atoms with Crippen LogP contribution in [0.3, 0.4) is 0 Å². The predicted molar refractivity (Wildman–Crippen MR) is 86.4 cm³/mol. The maximum Gasteiger partial charge on any atom is 0.175 e. The smallest absolute Gasteiger partial charge is 0.175 e. The highest BCUT2D eigenvalue weighted by atomic mass is 32.2. The van der Waals surface area contributed by atoms with Crippen LogP contribution >= 0.6 is 24.0 Å². The van der Waals surface area contributed by atoms with Gasteiger partial charge in [0.15, 0.2) is 9.84 Å². The number of sulfone groups is 1. The molecule has 0 aromatic heterocycles. The monoisotopic (exact) mass is 317 g/mol. The van der Waals surface area contributed by atoms with E-state index in [9.17, 15) is 8.42 Å². The van der Waals surface area contributed by atoms with Crippen LogP contribution in [0.2, 0.25) is 0 Å². The average molecular weight is 318 g/mol. The lowest BCUT2D eigenvalue weighted by Gasteiger charge is -2.20. The minimum atomic E-state index is -3.11. The maximum absolute atomic E-state index is 11.3. The second-order valence-electron chi connectivity index (χ2n) is 4.14. The Kier molecular flexibility index (Phi) is 6.29. The van der Waals surface area contributed by atoms with Crippen molar-refractivity contribution < 1.29 is 8.42 Å². The highest BCUT2D eigenvalue weighted by molar-refractivity contribution is 8.22. The summed E-state index contributed by atoms with van der Waals surface area (Å²) < 4.78 is 23.6. The lowest BCUT2D eigenvalue weighted by atomic mass is 10.2. The fourth-order valence-corrected chi connectivity index (χ4v) is 3.54. The van der Waals surface area contributed by atoms with E-state index >= 15 is 0 Å². The molecule has 0 heterocycles. The van der Waals surface area contributed by atoms with Crippen LogP contribution in [0, 0.1) is 0 Å². The van der Waals surface area contributed by atoms with E-state index < -0.39 is 9.84 Å². The summed E-state index contributed by atoms with van der Waals surface area (Å²) >= 11 is 6.96. The van der Waals surface area contributed by atoms with Gasteiger partial charge in [-0.1, -0.05) is 36.1 Å². The van der Waals surface area contributed by atoms with Gasteiger partial charge in [-0.2, -0.15) is 0 Å². The molecule has 19 heavy (non-hydrogen) atoms. The van der Waals surface area contributed by atoms with E-state index in [1.165, 1.54) is 6.26 Å². The fourth-order valence-electron chi connectivity index (χ4n) is 1.55. The Morgan fingerprint density at radius 3 is 2.16 bits per heavy atom. The number of thioether (sulfide) groups is 1. The Labute approximate surface area is 125 Å². The Morgan fingerprint density at radius 2 is 1.74 bits per heavy atom. The van der Waals surface area contributed by atoms with Crippen molar-refractivity contribution in [1.82, 2.24) is 4.90 Å². The summed E-state index contributed by atoms with van der Waals surface area (Å²) in [6.07, 6.45) is 1.21. The summed E-state index contributed by atoms with van der Waals surface area (Å²) in [5.41, 5.74) is 1.08. The van der Waals surface area contributed by atoms with Crippen LogP contribution in [0.5, 0.6) is 0 Å². The number of hydrogen-bond acceptors (Lipinski definition) is 4. The van der Waals surface area contributed by atoms with Crippen LogP contribution in [0.4, 0.5) is 0 Å². The van der Waals surface area contributed by atoms with Crippen molar-refractivity contribution >= 4 is 38.1 Å². The lowest BCUT2D eigenvalue weighted by Crippen LogP contribution is -2.26. The molecule has 1 rings (SSSR count). The first kappa shape index (κ1) is 16.5. The molecule has 0 radical (unpaired) electrons. The number of thiocarbonyl (C=S) groups is 1. The zero-order valence-corrected chi connectivity index (χ0v) is 13.9. The molecule has 0 aliphatic rings. The van der Waals surface area contributed by atoms with E-state index in [0.717, 1.165) is 28.7 Å². The molecule has 1 aromatic rings. The summed E-state index contributed by atoms with van der Waals surface area (Å²) in [4.78, 5) is 2.48. The van der Waals surface area contributed by atoms with Crippen LogP contribution < -0.4 is 0 Å². The Morgan fingerprint density at radius 1 is 1.21 bits per heavy atom. The SMILES string of the molecule is CCN(CC)C(=S)SCc1ccc(S(C)(=O)=O)cc1. The molecule has 0 amide bonds. The number of rotatable bonds is 5. The van der Waals surface area contributed by atoms with Gasteiger partial charge in [0.05, 0.1) is 4.90 Å². The van der Waals surface area contributed by atoms with Crippen LogP contribution in [0.15, 0.2) is 29.2 Å². The third kappa shape index (κ3) is 5.12. The van der Waals surface area contributed by atoms with Crippen molar-refractivity contribution in [3.05, 3.63) is 29.8 Å². The van der Waals surface area contributed by atoms with Crippen molar-refractivity contribution in [3.8, 4) is 0 Å². The largest absolute Gasteiger partial charge is 0.358 e. The van der Waals surface area contributed by atoms with Gasteiger partial charge in [0.1, 0.15) is 4.32 Å². The van der Waals surface area contributed by atoms with Crippen molar-refractivity contribution in [3.63, 3.8) is 0 Å². The topological polar surface area (TPSA) is 37.4 Å². The van der Waals surface area contributed by atoms with Crippen molar-refractivity contribution in [2.75, 3.05) is 19.3 Å². The second-order valence-corrected chi connectivity index (χ2v) is 7.77. The molecule has 0 saturated heterocycles. The van der Waals surface area contributed by atoms with E-state index in [0.29, 0.717) is 4.90 Å². The molecule has 0 fully saturated rings. The van der Waals surface area contributed by atoms with Crippen molar-refractivity contribution in [1.29, 1.82) is 0 Å². The first-order chi connectivity index (χ1) is 8.88. The molecule has 0 N–H and O–H groups in total. The highest BCUT2D eigenvalue weighted by Gasteiger charge is 2.08. The molecule has 0 aliphatic heterocycles. The van der Waals surface area contributed by atoms with Gasteiger partial charge < -0.3 is 4.90 Å². The van der Waals surface area contributed by atoms with Crippen molar-refractivity contribution in [2.24, 2.45) is 0 Å². The Hall–Kier alpha value is -0.590. The number of hydrogen-bond donors (Lipinski definition) is 0. The fraction of sp³-hybridized carbons (Fsp3) is 0.462. The molecule has 0 aliphatic carbocycles. The van der Waals surface area contributed by atoms with Gasteiger partial charge in [-0.05, 0) is 31.5 Å². The summed E-state index contributed by atoms with van der Waals surface area (Å²) in [5, 5.41) is 0. The van der Waals surface area contributed by atoms with Crippen molar-refractivity contribution in [2.45, 2.75) is 24.5 Å². The minimum absolute atomic E-state index is 0.354. The first-order valence-corrected chi connectivity index (χ1v) is 9.37. The third-order valence-electron chi connectivity index (χ3n) is 2.74. The van der Waals surface area contributed by atoms with Gasteiger partial charge in [-0.15, -0.1) is 0 Å². The average Bonchev–Trinajstić information content (AvgIpc) is 2.37. The minimum Gasteiger partial charge on any atom is -0.358 e. The molecular weight excluding hydrogens is 298 g/mol.